The molecule has 16 heavy (non-hydrogen) atoms. The van der Waals surface area contributed by atoms with Gasteiger partial charge in [0.2, 0.25) is 0 Å². The highest BCUT2D eigenvalue weighted by molar-refractivity contribution is 5.77. The van der Waals surface area contributed by atoms with E-state index in [1.54, 1.807) is 0 Å². The van der Waals surface area contributed by atoms with E-state index in [4.69, 9.17) is 10.5 Å². The van der Waals surface area contributed by atoms with Crippen molar-refractivity contribution in [3.8, 4) is 0 Å². The fourth-order valence-corrected chi connectivity index (χ4v) is 1.46. The van der Waals surface area contributed by atoms with Crippen molar-refractivity contribution in [2.24, 2.45) is 5.73 Å². The molecule has 90 valence electrons. The summed E-state index contributed by atoms with van der Waals surface area (Å²) in [4.78, 5) is 11.3. The first-order valence-corrected chi connectivity index (χ1v) is 5.76. The van der Waals surface area contributed by atoms with Crippen molar-refractivity contribution < 1.29 is 9.53 Å². The average molecular weight is 224 g/mol. The molecule has 0 aromatic rings. The summed E-state index contributed by atoms with van der Waals surface area (Å²) in [7, 11) is 0. The zero-order chi connectivity index (χ0) is 11.6. The van der Waals surface area contributed by atoms with Gasteiger partial charge in [0.05, 0.1) is 5.76 Å². The molecule has 0 atom stereocenters. The van der Waals surface area contributed by atoms with Crippen LogP contribution in [0, 0.1) is 0 Å². The first-order chi connectivity index (χ1) is 7.83. The van der Waals surface area contributed by atoms with Crippen molar-refractivity contribution in [3.05, 3.63) is 24.0 Å². The highest BCUT2D eigenvalue weighted by Crippen LogP contribution is 2.13. The summed E-state index contributed by atoms with van der Waals surface area (Å²) in [6.07, 6.45) is 10.3. The third-order valence-electron chi connectivity index (χ3n) is 2.30. The van der Waals surface area contributed by atoms with E-state index in [9.17, 15) is 4.79 Å². The number of carbonyl (C=O) groups is 1. The lowest BCUT2D eigenvalue weighted by molar-refractivity contribution is -0.124. The zero-order valence-corrected chi connectivity index (χ0v) is 9.58. The van der Waals surface area contributed by atoms with Crippen molar-refractivity contribution in [1.29, 1.82) is 0 Å². The van der Waals surface area contributed by atoms with Crippen molar-refractivity contribution >= 4 is 5.91 Å². The Bertz CT molecular complexity index is 272. The van der Waals surface area contributed by atoms with E-state index in [1.807, 2.05) is 6.08 Å². The lowest BCUT2D eigenvalue weighted by Gasteiger charge is -2.11. The highest BCUT2D eigenvalue weighted by atomic mass is 16.5. The molecule has 0 aliphatic heterocycles. The smallest absolute Gasteiger partial charge is 0.257 e. The monoisotopic (exact) mass is 224 g/mol. The molecule has 0 fully saturated rings. The Morgan fingerprint density at radius 1 is 1.50 bits per heavy atom. The number of allylic oxidation sites excluding steroid dienone is 4. The number of nitrogens with two attached hydrogens (primary N) is 1. The van der Waals surface area contributed by atoms with Gasteiger partial charge in [-0.25, -0.2) is 0 Å². The average Bonchev–Trinajstić information content (AvgIpc) is 2.25. The number of ether oxygens (including phenoxy) is 1. The van der Waals surface area contributed by atoms with Crippen molar-refractivity contribution in [3.63, 3.8) is 0 Å². The Morgan fingerprint density at radius 2 is 2.38 bits per heavy atom. The van der Waals surface area contributed by atoms with E-state index in [0.717, 1.165) is 31.4 Å². The van der Waals surface area contributed by atoms with Gasteiger partial charge in [0.25, 0.3) is 5.91 Å². The fraction of sp³-hybridized carbons (Fsp3) is 0.583. The van der Waals surface area contributed by atoms with Gasteiger partial charge >= 0.3 is 0 Å². The minimum Gasteiger partial charge on any atom is -0.488 e. The van der Waals surface area contributed by atoms with Crippen LogP contribution in [0.5, 0.6) is 0 Å². The van der Waals surface area contributed by atoms with Crippen molar-refractivity contribution in [2.45, 2.75) is 25.7 Å². The first kappa shape index (κ1) is 12.8. The molecule has 0 radical (unpaired) electrons. The molecule has 1 rings (SSSR count). The van der Waals surface area contributed by atoms with Crippen LogP contribution >= 0.6 is 0 Å². The fourth-order valence-electron chi connectivity index (χ4n) is 1.46. The maximum absolute atomic E-state index is 11.3. The predicted molar refractivity (Wildman–Crippen MR) is 63.7 cm³/mol. The van der Waals surface area contributed by atoms with E-state index in [0.29, 0.717) is 13.1 Å². The third kappa shape index (κ3) is 5.56. The molecule has 0 saturated heterocycles. The standard InChI is InChI=1S/C12H20N2O2/c13-8-9-14-12(15)10-16-11-6-4-2-1-3-5-7-11/h1-2,6H,3-5,7-10,13H2,(H,14,15)/b2-1+,11-6+. The lowest BCUT2D eigenvalue weighted by Crippen LogP contribution is -2.31. The van der Waals surface area contributed by atoms with Gasteiger partial charge in [-0.2, -0.15) is 0 Å². The Morgan fingerprint density at radius 3 is 3.19 bits per heavy atom. The summed E-state index contributed by atoms with van der Waals surface area (Å²) in [5.74, 6) is 0.816. The molecule has 0 unspecified atom stereocenters. The molecule has 0 heterocycles. The Kier molecular flexibility index (Phi) is 6.33. The number of hydrogen-bond acceptors (Lipinski definition) is 3. The molecule has 1 aliphatic carbocycles. The number of hydrogen-bond donors (Lipinski definition) is 2. The van der Waals surface area contributed by atoms with Crippen molar-refractivity contribution in [1.82, 2.24) is 5.32 Å². The van der Waals surface area contributed by atoms with Gasteiger partial charge in [-0.05, 0) is 25.3 Å². The minimum absolute atomic E-state index is 0.0928. The van der Waals surface area contributed by atoms with Crippen LogP contribution in [-0.2, 0) is 9.53 Å². The molecule has 4 nitrogen and oxygen atoms in total. The highest BCUT2D eigenvalue weighted by Gasteiger charge is 2.04. The van der Waals surface area contributed by atoms with Crippen LogP contribution in [0.2, 0.25) is 0 Å². The maximum atomic E-state index is 11.3. The first-order valence-electron chi connectivity index (χ1n) is 5.76. The maximum Gasteiger partial charge on any atom is 0.257 e. The molecule has 1 aliphatic rings. The number of nitrogens with one attached hydrogen (secondary N) is 1. The van der Waals surface area contributed by atoms with Gasteiger partial charge in [-0.3, -0.25) is 4.79 Å². The Labute approximate surface area is 96.5 Å². The topological polar surface area (TPSA) is 64.3 Å². The molecular formula is C12H20N2O2. The van der Waals surface area contributed by atoms with Crippen LogP contribution in [-0.4, -0.2) is 25.6 Å². The molecule has 0 saturated carbocycles. The van der Waals surface area contributed by atoms with Gasteiger partial charge in [-0.1, -0.05) is 12.2 Å². The minimum atomic E-state index is -0.107. The van der Waals surface area contributed by atoms with Crippen LogP contribution in [0.25, 0.3) is 0 Å². The van der Waals surface area contributed by atoms with Gasteiger partial charge in [0, 0.05) is 19.5 Å². The van der Waals surface area contributed by atoms with E-state index < -0.39 is 0 Å². The summed E-state index contributed by atoms with van der Waals surface area (Å²) < 4.78 is 5.45. The van der Waals surface area contributed by atoms with E-state index >= 15 is 0 Å². The van der Waals surface area contributed by atoms with E-state index in [1.165, 1.54) is 0 Å². The summed E-state index contributed by atoms with van der Waals surface area (Å²) in [6, 6.07) is 0. The van der Waals surface area contributed by atoms with Crippen LogP contribution in [0.4, 0.5) is 0 Å². The van der Waals surface area contributed by atoms with Crippen LogP contribution in [0.15, 0.2) is 24.0 Å². The summed E-state index contributed by atoms with van der Waals surface area (Å²) in [5.41, 5.74) is 5.28. The van der Waals surface area contributed by atoms with Crippen LogP contribution in [0.3, 0.4) is 0 Å². The van der Waals surface area contributed by atoms with Crippen LogP contribution < -0.4 is 11.1 Å². The summed E-state index contributed by atoms with van der Waals surface area (Å²) >= 11 is 0. The van der Waals surface area contributed by atoms with Crippen molar-refractivity contribution in [2.75, 3.05) is 19.7 Å². The summed E-state index contributed by atoms with van der Waals surface area (Å²) in [6.45, 7) is 1.05. The molecular weight excluding hydrogens is 204 g/mol. The SMILES string of the molecule is NCCNC(=O)CO/C1=C/C/C=C/CCC1. The van der Waals surface area contributed by atoms with E-state index in [-0.39, 0.29) is 12.5 Å². The van der Waals surface area contributed by atoms with Crippen LogP contribution in [0.1, 0.15) is 25.7 Å². The largest absolute Gasteiger partial charge is 0.488 e. The van der Waals surface area contributed by atoms with Gasteiger partial charge in [-0.15, -0.1) is 0 Å². The summed E-state index contributed by atoms with van der Waals surface area (Å²) in [5, 5.41) is 2.67. The quantitative estimate of drug-likeness (QED) is 0.687. The molecule has 4 heteroatoms. The Balaban J connectivity index is 2.24. The van der Waals surface area contributed by atoms with Gasteiger partial charge in [0.1, 0.15) is 0 Å². The Hall–Kier alpha value is -1.29. The predicted octanol–water partition coefficient (Wildman–Crippen LogP) is 1.09. The molecule has 0 aromatic heterocycles. The number of carbonyl (C=O) groups excluding carboxylic acids is 1. The second-order valence-electron chi connectivity index (χ2n) is 3.70. The van der Waals surface area contributed by atoms with Gasteiger partial charge < -0.3 is 15.8 Å². The second kappa shape index (κ2) is 7.93. The normalized spacial score (nSPS) is 21.2. The molecule has 0 spiro atoms. The molecule has 3 N–H and O–H groups in total. The molecule has 0 bridgehead atoms. The zero-order valence-electron chi connectivity index (χ0n) is 9.58. The van der Waals surface area contributed by atoms with E-state index in [2.05, 4.69) is 17.5 Å². The third-order valence-corrected chi connectivity index (χ3v) is 2.30. The number of rotatable bonds is 5. The molecule has 1 amide bonds. The second-order valence-corrected chi connectivity index (χ2v) is 3.70. The molecule has 0 aromatic carbocycles. The number of amides is 1. The van der Waals surface area contributed by atoms with Gasteiger partial charge in [0.15, 0.2) is 6.61 Å². The lowest BCUT2D eigenvalue weighted by atomic mass is 10.1.